The van der Waals surface area contributed by atoms with Gasteiger partial charge in [-0.3, -0.25) is 4.79 Å². The van der Waals surface area contributed by atoms with E-state index in [4.69, 9.17) is 32.4 Å². The molecule has 1 amide bonds. The molecule has 0 radical (unpaired) electrons. The normalized spacial score (nSPS) is 12.0. The Kier molecular flexibility index (Phi) is 5.38. The predicted molar refractivity (Wildman–Crippen MR) is 112 cm³/mol. The summed E-state index contributed by atoms with van der Waals surface area (Å²) in [4.78, 5) is 21.1. The molecule has 8 heteroatoms. The average Bonchev–Trinajstić information content (AvgIpc) is 3.14. The highest BCUT2D eigenvalue weighted by Crippen LogP contribution is 2.29. The minimum Gasteiger partial charge on any atom is -0.479 e. The van der Waals surface area contributed by atoms with Gasteiger partial charge in [-0.05, 0) is 55.5 Å². The number of rotatable bonds is 5. The van der Waals surface area contributed by atoms with Gasteiger partial charge >= 0.3 is 0 Å². The van der Waals surface area contributed by atoms with Crippen LogP contribution in [-0.2, 0) is 4.79 Å². The topological polar surface area (TPSA) is 77.2 Å². The molecule has 2 aromatic heterocycles. The van der Waals surface area contributed by atoms with Crippen LogP contribution in [0.2, 0.25) is 10.0 Å². The Morgan fingerprint density at radius 1 is 1.14 bits per heavy atom. The standard InChI is InChI=1S/C21H15Cl2N3O3/c1-12(28-17-8-7-14(22)11-16(17)23)20(27)25-15-5-2-4-13(10-15)21-26-19-18(29-21)6-3-9-24-19/h2-12H,1H3,(H,25,27). The molecule has 0 spiro atoms. The number of halogens is 2. The Balaban J connectivity index is 1.49. The predicted octanol–water partition coefficient (Wildman–Crippen LogP) is 5.60. The van der Waals surface area contributed by atoms with E-state index in [1.54, 1.807) is 61.7 Å². The van der Waals surface area contributed by atoms with Crippen LogP contribution in [0.1, 0.15) is 6.92 Å². The Morgan fingerprint density at radius 2 is 2.00 bits per heavy atom. The van der Waals surface area contributed by atoms with E-state index in [1.165, 1.54) is 0 Å². The number of hydrogen-bond acceptors (Lipinski definition) is 5. The van der Waals surface area contributed by atoms with E-state index in [1.807, 2.05) is 6.07 Å². The van der Waals surface area contributed by atoms with Crippen LogP contribution in [0, 0.1) is 0 Å². The lowest BCUT2D eigenvalue weighted by molar-refractivity contribution is -0.122. The van der Waals surface area contributed by atoms with Crippen molar-refractivity contribution in [2.75, 3.05) is 5.32 Å². The smallest absolute Gasteiger partial charge is 0.265 e. The second kappa shape index (κ2) is 8.11. The number of amides is 1. The minimum atomic E-state index is -0.772. The number of aromatic nitrogens is 2. The van der Waals surface area contributed by atoms with E-state index in [0.717, 1.165) is 5.56 Å². The molecule has 4 rings (SSSR count). The van der Waals surface area contributed by atoms with Gasteiger partial charge in [-0.15, -0.1) is 0 Å². The van der Waals surface area contributed by atoms with Crippen LogP contribution in [0.3, 0.4) is 0 Å². The molecule has 0 saturated carbocycles. The van der Waals surface area contributed by atoms with Gasteiger partial charge in [0.05, 0.1) is 5.02 Å². The van der Waals surface area contributed by atoms with Crippen molar-refractivity contribution >= 4 is 46.0 Å². The number of anilines is 1. The molecule has 0 aliphatic carbocycles. The van der Waals surface area contributed by atoms with E-state index in [9.17, 15) is 4.79 Å². The molecule has 0 aliphatic heterocycles. The molecule has 29 heavy (non-hydrogen) atoms. The molecular weight excluding hydrogens is 413 g/mol. The first-order valence-electron chi connectivity index (χ1n) is 8.74. The summed E-state index contributed by atoms with van der Waals surface area (Å²) in [5, 5.41) is 3.65. The SMILES string of the molecule is CC(Oc1ccc(Cl)cc1Cl)C(=O)Nc1cccc(-c2nc3ncccc3o2)c1. The molecule has 4 aromatic rings. The molecule has 6 nitrogen and oxygen atoms in total. The van der Waals surface area contributed by atoms with Gasteiger partial charge in [-0.25, -0.2) is 4.98 Å². The van der Waals surface area contributed by atoms with E-state index >= 15 is 0 Å². The maximum absolute atomic E-state index is 12.5. The number of hydrogen-bond donors (Lipinski definition) is 1. The number of nitrogens with zero attached hydrogens (tertiary/aromatic N) is 2. The summed E-state index contributed by atoms with van der Waals surface area (Å²) in [6.45, 7) is 1.64. The molecule has 1 unspecified atom stereocenters. The van der Waals surface area contributed by atoms with Gasteiger partial charge in [-0.1, -0.05) is 29.3 Å². The first-order valence-corrected chi connectivity index (χ1v) is 9.50. The van der Waals surface area contributed by atoms with Crippen molar-refractivity contribution in [3.8, 4) is 17.2 Å². The number of fused-ring (bicyclic) bond motifs is 1. The zero-order valence-corrected chi connectivity index (χ0v) is 16.7. The minimum absolute atomic E-state index is 0.326. The van der Waals surface area contributed by atoms with Gasteiger partial charge < -0.3 is 14.5 Å². The number of ether oxygens (including phenoxy) is 1. The van der Waals surface area contributed by atoms with Crippen LogP contribution >= 0.6 is 23.2 Å². The quantitative estimate of drug-likeness (QED) is 0.448. The Bertz CT molecular complexity index is 1160. The van der Waals surface area contributed by atoms with Crippen LogP contribution in [-0.4, -0.2) is 22.0 Å². The first kappa shape index (κ1) is 19.2. The highest BCUT2D eigenvalue weighted by molar-refractivity contribution is 6.35. The fourth-order valence-corrected chi connectivity index (χ4v) is 3.13. The zero-order valence-electron chi connectivity index (χ0n) is 15.2. The lowest BCUT2D eigenvalue weighted by atomic mass is 10.2. The van der Waals surface area contributed by atoms with Crippen molar-refractivity contribution < 1.29 is 13.9 Å². The molecule has 146 valence electrons. The van der Waals surface area contributed by atoms with Crippen molar-refractivity contribution in [1.29, 1.82) is 0 Å². The maximum Gasteiger partial charge on any atom is 0.265 e. The third-order valence-corrected chi connectivity index (χ3v) is 4.64. The van der Waals surface area contributed by atoms with Gasteiger partial charge in [-0.2, -0.15) is 4.98 Å². The van der Waals surface area contributed by atoms with Crippen LogP contribution in [0.5, 0.6) is 5.75 Å². The third-order valence-electron chi connectivity index (χ3n) is 4.11. The van der Waals surface area contributed by atoms with Gasteiger partial charge in [0.2, 0.25) is 5.89 Å². The van der Waals surface area contributed by atoms with Crippen LogP contribution in [0.4, 0.5) is 5.69 Å². The number of pyridine rings is 1. The average molecular weight is 428 g/mol. The summed E-state index contributed by atoms with van der Waals surface area (Å²) in [6, 6.07) is 15.6. The summed E-state index contributed by atoms with van der Waals surface area (Å²) < 4.78 is 11.4. The summed E-state index contributed by atoms with van der Waals surface area (Å²) in [6.07, 6.45) is 0.880. The van der Waals surface area contributed by atoms with E-state index in [0.29, 0.717) is 38.6 Å². The molecule has 1 N–H and O–H groups in total. The van der Waals surface area contributed by atoms with E-state index < -0.39 is 6.10 Å². The second-order valence-electron chi connectivity index (χ2n) is 6.25. The summed E-state index contributed by atoms with van der Waals surface area (Å²) >= 11 is 12.0. The largest absolute Gasteiger partial charge is 0.479 e. The summed E-state index contributed by atoms with van der Waals surface area (Å²) in [7, 11) is 0. The molecule has 1 atom stereocenters. The van der Waals surface area contributed by atoms with Crippen molar-refractivity contribution in [3.63, 3.8) is 0 Å². The molecule has 2 aromatic carbocycles. The highest BCUT2D eigenvalue weighted by Gasteiger charge is 2.17. The highest BCUT2D eigenvalue weighted by atomic mass is 35.5. The molecule has 0 aliphatic rings. The lowest BCUT2D eigenvalue weighted by Crippen LogP contribution is -2.30. The maximum atomic E-state index is 12.5. The number of carbonyl (C=O) groups excluding carboxylic acids is 1. The first-order chi connectivity index (χ1) is 14.0. The molecule has 0 fully saturated rings. The third kappa shape index (κ3) is 4.34. The van der Waals surface area contributed by atoms with Gasteiger partial charge in [0.15, 0.2) is 17.3 Å². The van der Waals surface area contributed by atoms with E-state index in [-0.39, 0.29) is 5.91 Å². The zero-order chi connectivity index (χ0) is 20.4. The molecular formula is C21H15Cl2N3O3. The summed E-state index contributed by atoms with van der Waals surface area (Å²) in [5.74, 6) is 0.478. The molecule has 0 bridgehead atoms. The Labute approximate surface area is 176 Å². The van der Waals surface area contributed by atoms with Gasteiger partial charge in [0.1, 0.15) is 5.75 Å². The van der Waals surface area contributed by atoms with Crippen molar-refractivity contribution in [2.45, 2.75) is 13.0 Å². The number of benzene rings is 2. The Morgan fingerprint density at radius 3 is 2.79 bits per heavy atom. The van der Waals surface area contributed by atoms with Gasteiger partial charge in [0.25, 0.3) is 5.91 Å². The summed E-state index contributed by atoms with van der Waals surface area (Å²) in [5.41, 5.74) is 2.42. The molecule has 2 heterocycles. The number of oxazole rings is 1. The number of nitrogens with one attached hydrogen (secondary N) is 1. The van der Waals surface area contributed by atoms with Crippen molar-refractivity contribution in [1.82, 2.24) is 9.97 Å². The Hall–Kier alpha value is -3.09. The van der Waals surface area contributed by atoms with Crippen molar-refractivity contribution in [3.05, 3.63) is 70.8 Å². The fourth-order valence-electron chi connectivity index (χ4n) is 2.68. The monoisotopic (exact) mass is 427 g/mol. The van der Waals surface area contributed by atoms with Crippen LogP contribution < -0.4 is 10.1 Å². The van der Waals surface area contributed by atoms with Gasteiger partial charge in [0, 0.05) is 22.5 Å². The van der Waals surface area contributed by atoms with Crippen LogP contribution in [0.25, 0.3) is 22.7 Å². The lowest BCUT2D eigenvalue weighted by Gasteiger charge is -2.16. The van der Waals surface area contributed by atoms with Crippen molar-refractivity contribution in [2.24, 2.45) is 0 Å². The number of carbonyl (C=O) groups is 1. The fraction of sp³-hybridized carbons (Fsp3) is 0.0952. The second-order valence-corrected chi connectivity index (χ2v) is 7.09. The van der Waals surface area contributed by atoms with E-state index in [2.05, 4.69) is 15.3 Å². The van der Waals surface area contributed by atoms with Crippen LogP contribution in [0.15, 0.2) is 65.2 Å². The molecule has 0 saturated heterocycles.